The van der Waals surface area contributed by atoms with Gasteiger partial charge >= 0.3 is 0 Å². The third-order valence-corrected chi connectivity index (χ3v) is 3.64. The van der Waals surface area contributed by atoms with Crippen molar-refractivity contribution in [1.82, 2.24) is 0 Å². The molecule has 2 N–H and O–H groups in total. The summed E-state index contributed by atoms with van der Waals surface area (Å²) in [4.78, 5) is 4.43. The normalized spacial score (nSPS) is 12.8. The number of nitrogens with zero attached hydrogens (tertiary/aromatic N) is 1. The highest BCUT2D eigenvalue weighted by molar-refractivity contribution is 6.02. The van der Waals surface area contributed by atoms with Crippen molar-refractivity contribution in [3.63, 3.8) is 0 Å². The Bertz CT molecular complexity index is 838. The fraction of sp³-hybridized carbons (Fsp3) is 0.105. The number of aromatic hydroxyl groups is 1. The largest absolute Gasteiger partial charge is 0.507 e. The Kier molecular flexibility index (Phi) is 3.90. The van der Waals surface area contributed by atoms with Crippen LogP contribution in [0.3, 0.4) is 0 Å². The molecule has 0 amide bonds. The first-order valence-corrected chi connectivity index (χ1v) is 7.18. The van der Waals surface area contributed by atoms with Crippen LogP contribution in [0.15, 0.2) is 65.7 Å². The monoisotopic (exact) mass is 291 g/mol. The molecule has 0 bridgehead atoms. The smallest absolute Gasteiger partial charge is 0.124 e. The minimum Gasteiger partial charge on any atom is -0.507 e. The van der Waals surface area contributed by atoms with Crippen molar-refractivity contribution < 1.29 is 10.2 Å². The minimum atomic E-state index is -0.527. The van der Waals surface area contributed by atoms with Gasteiger partial charge in [0.2, 0.25) is 0 Å². The fourth-order valence-electron chi connectivity index (χ4n) is 2.42. The van der Waals surface area contributed by atoms with E-state index in [9.17, 15) is 10.2 Å². The summed E-state index contributed by atoms with van der Waals surface area (Å²) in [5.74, 6) is 0.203. The zero-order valence-electron chi connectivity index (χ0n) is 12.3. The molecule has 3 rings (SSSR count). The van der Waals surface area contributed by atoms with Crippen LogP contribution in [0.4, 0.5) is 5.69 Å². The summed E-state index contributed by atoms with van der Waals surface area (Å²) < 4.78 is 0. The number of fused-ring (bicyclic) bond motifs is 1. The molecular weight excluding hydrogens is 274 g/mol. The third kappa shape index (κ3) is 2.85. The summed E-state index contributed by atoms with van der Waals surface area (Å²) in [6.45, 7) is 1.72. The summed E-state index contributed by atoms with van der Waals surface area (Å²) in [5.41, 5.74) is 2.25. The summed E-state index contributed by atoms with van der Waals surface area (Å²) in [6, 6.07) is 18.8. The van der Waals surface area contributed by atoms with Gasteiger partial charge < -0.3 is 10.2 Å². The molecule has 0 fully saturated rings. The molecule has 0 saturated heterocycles. The molecule has 110 valence electrons. The average molecular weight is 291 g/mol. The van der Waals surface area contributed by atoms with E-state index in [1.54, 1.807) is 19.2 Å². The van der Waals surface area contributed by atoms with Gasteiger partial charge in [-0.3, -0.25) is 4.99 Å². The second-order valence-corrected chi connectivity index (χ2v) is 5.25. The molecule has 0 aliphatic carbocycles. The molecule has 22 heavy (non-hydrogen) atoms. The second-order valence-electron chi connectivity index (χ2n) is 5.25. The lowest BCUT2D eigenvalue weighted by Crippen LogP contribution is -1.89. The number of aliphatic hydroxyl groups is 1. The lowest BCUT2D eigenvalue weighted by molar-refractivity contribution is 0.199. The van der Waals surface area contributed by atoms with Crippen LogP contribution in [0.2, 0.25) is 0 Å². The Morgan fingerprint density at radius 1 is 1.00 bits per heavy atom. The van der Waals surface area contributed by atoms with Gasteiger partial charge in [0.05, 0.1) is 11.8 Å². The number of aliphatic hydroxyl groups excluding tert-OH is 1. The van der Waals surface area contributed by atoms with Crippen molar-refractivity contribution in [2.45, 2.75) is 13.0 Å². The molecule has 3 nitrogen and oxygen atoms in total. The van der Waals surface area contributed by atoms with E-state index in [0.29, 0.717) is 5.56 Å². The van der Waals surface area contributed by atoms with Crippen molar-refractivity contribution in [2.75, 3.05) is 0 Å². The van der Waals surface area contributed by atoms with Gasteiger partial charge in [-0.25, -0.2) is 0 Å². The summed E-state index contributed by atoms with van der Waals surface area (Å²) in [7, 11) is 0. The molecule has 3 heteroatoms. The van der Waals surface area contributed by atoms with Crippen LogP contribution < -0.4 is 0 Å². The van der Waals surface area contributed by atoms with E-state index in [-0.39, 0.29) is 5.75 Å². The Labute approximate surface area is 129 Å². The van der Waals surface area contributed by atoms with Gasteiger partial charge in [0, 0.05) is 11.8 Å². The van der Waals surface area contributed by atoms with Crippen LogP contribution in [0, 0.1) is 0 Å². The number of phenolic OH excluding ortho intramolecular Hbond substituents is 1. The predicted octanol–water partition coefficient (Wildman–Crippen LogP) is 4.35. The molecule has 0 radical (unpaired) electrons. The van der Waals surface area contributed by atoms with Crippen molar-refractivity contribution in [2.24, 2.45) is 4.99 Å². The SMILES string of the molecule is C[C@H](O)c1cccc(N=Cc2c(O)ccc3ccccc23)c1. The third-order valence-electron chi connectivity index (χ3n) is 3.64. The molecule has 0 aliphatic heterocycles. The lowest BCUT2D eigenvalue weighted by atomic mass is 10.0. The first-order chi connectivity index (χ1) is 10.6. The van der Waals surface area contributed by atoms with Crippen molar-refractivity contribution in [3.05, 3.63) is 71.8 Å². The lowest BCUT2D eigenvalue weighted by Gasteiger charge is -2.06. The quantitative estimate of drug-likeness (QED) is 0.705. The van der Waals surface area contributed by atoms with Crippen LogP contribution in [0.1, 0.15) is 24.2 Å². The van der Waals surface area contributed by atoms with Crippen molar-refractivity contribution >= 4 is 22.7 Å². The first-order valence-electron chi connectivity index (χ1n) is 7.18. The molecular formula is C19H17NO2. The number of rotatable bonds is 3. The molecule has 3 aromatic rings. The Morgan fingerprint density at radius 3 is 2.64 bits per heavy atom. The van der Waals surface area contributed by atoms with E-state index in [1.807, 2.05) is 54.6 Å². The summed E-state index contributed by atoms with van der Waals surface area (Å²) >= 11 is 0. The average Bonchev–Trinajstić information content (AvgIpc) is 2.54. The molecule has 0 aliphatic rings. The zero-order chi connectivity index (χ0) is 15.5. The van der Waals surface area contributed by atoms with Crippen LogP contribution >= 0.6 is 0 Å². The molecule has 0 aromatic heterocycles. The zero-order valence-corrected chi connectivity index (χ0v) is 12.3. The fourth-order valence-corrected chi connectivity index (χ4v) is 2.42. The van der Waals surface area contributed by atoms with Gasteiger partial charge in [-0.15, -0.1) is 0 Å². The van der Waals surface area contributed by atoms with Crippen LogP contribution in [-0.2, 0) is 0 Å². The minimum absolute atomic E-state index is 0.203. The van der Waals surface area contributed by atoms with Crippen LogP contribution in [-0.4, -0.2) is 16.4 Å². The second kappa shape index (κ2) is 6.00. The number of benzene rings is 3. The number of hydrogen-bond donors (Lipinski definition) is 2. The number of aliphatic imine (C=N–C) groups is 1. The van der Waals surface area contributed by atoms with E-state index in [4.69, 9.17) is 0 Å². The molecule has 0 spiro atoms. The van der Waals surface area contributed by atoms with E-state index >= 15 is 0 Å². The Balaban J connectivity index is 2.03. The Hall–Kier alpha value is -2.65. The van der Waals surface area contributed by atoms with Crippen molar-refractivity contribution in [1.29, 1.82) is 0 Å². The highest BCUT2D eigenvalue weighted by Gasteiger charge is 2.05. The van der Waals surface area contributed by atoms with E-state index in [0.717, 1.165) is 22.0 Å². The van der Waals surface area contributed by atoms with E-state index < -0.39 is 6.10 Å². The predicted molar refractivity (Wildman–Crippen MR) is 89.9 cm³/mol. The van der Waals surface area contributed by atoms with Gasteiger partial charge in [0.25, 0.3) is 0 Å². The summed E-state index contributed by atoms with van der Waals surface area (Å²) in [6.07, 6.45) is 1.14. The van der Waals surface area contributed by atoms with Gasteiger partial charge in [-0.2, -0.15) is 0 Å². The topological polar surface area (TPSA) is 52.8 Å². The van der Waals surface area contributed by atoms with E-state index in [2.05, 4.69) is 4.99 Å². The molecule has 1 atom stereocenters. The van der Waals surface area contributed by atoms with Crippen molar-refractivity contribution in [3.8, 4) is 5.75 Å². The highest BCUT2D eigenvalue weighted by atomic mass is 16.3. The Morgan fingerprint density at radius 2 is 1.82 bits per heavy atom. The van der Waals surface area contributed by atoms with Gasteiger partial charge in [0.15, 0.2) is 0 Å². The number of hydrogen-bond acceptors (Lipinski definition) is 3. The maximum absolute atomic E-state index is 10.1. The maximum Gasteiger partial charge on any atom is 0.124 e. The van der Waals surface area contributed by atoms with Crippen LogP contribution in [0.25, 0.3) is 10.8 Å². The molecule has 0 heterocycles. The summed E-state index contributed by atoms with van der Waals surface area (Å²) in [5, 5.41) is 21.7. The number of phenols is 1. The van der Waals surface area contributed by atoms with E-state index in [1.165, 1.54) is 0 Å². The molecule has 0 saturated carbocycles. The first kappa shape index (κ1) is 14.3. The maximum atomic E-state index is 10.1. The van der Waals surface area contributed by atoms with Gasteiger partial charge in [0.1, 0.15) is 5.75 Å². The van der Waals surface area contributed by atoms with Gasteiger partial charge in [-0.05, 0) is 41.5 Å². The standard InChI is InChI=1S/C19H17NO2/c1-13(21)15-6-4-7-16(11-15)20-12-18-17-8-3-2-5-14(17)9-10-19(18)22/h2-13,21-22H,1H3/t13-/m0/s1. The highest BCUT2D eigenvalue weighted by Crippen LogP contribution is 2.26. The van der Waals surface area contributed by atoms with Gasteiger partial charge in [-0.1, -0.05) is 42.5 Å². The molecule has 0 unspecified atom stereocenters. The van der Waals surface area contributed by atoms with Crippen LogP contribution in [0.5, 0.6) is 5.75 Å². The molecule has 3 aromatic carbocycles.